The van der Waals surface area contributed by atoms with E-state index in [4.69, 9.17) is 4.74 Å². The molecule has 0 aliphatic carbocycles. The van der Waals surface area contributed by atoms with E-state index in [0.29, 0.717) is 24.2 Å². The Bertz CT molecular complexity index is 1040. The first-order valence-electron chi connectivity index (χ1n) is 9.42. The van der Waals surface area contributed by atoms with Gasteiger partial charge < -0.3 is 4.74 Å². The van der Waals surface area contributed by atoms with E-state index in [1.54, 1.807) is 13.2 Å². The second-order valence-corrected chi connectivity index (χ2v) is 7.11. The number of halogens is 1. The van der Waals surface area contributed by atoms with Crippen LogP contribution in [0, 0.1) is 12.7 Å². The van der Waals surface area contributed by atoms with Gasteiger partial charge in [0.05, 0.1) is 18.8 Å². The smallest absolute Gasteiger partial charge is 0.270 e. The molecule has 0 aliphatic rings. The lowest BCUT2D eigenvalue weighted by Gasteiger charge is -2.18. The Kier molecular flexibility index (Phi) is 5.93. The minimum Gasteiger partial charge on any atom is -0.496 e. The quantitative estimate of drug-likeness (QED) is 0.621. The molecule has 5 heteroatoms. The Balaban J connectivity index is 2.15. The summed E-state index contributed by atoms with van der Waals surface area (Å²) in [5, 5.41) is 4.54. The fourth-order valence-corrected chi connectivity index (χ4v) is 3.47. The molecule has 1 heterocycles. The summed E-state index contributed by atoms with van der Waals surface area (Å²) in [6, 6.07) is 14.1. The number of hydrogen-bond donors (Lipinski definition) is 0. The van der Waals surface area contributed by atoms with Crippen LogP contribution in [0.15, 0.2) is 53.3 Å². The zero-order valence-corrected chi connectivity index (χ0v) is 16.7. The number of benzene rings is 2. The summed E-state index contributed by atoms with van der Waals surface area (Å²) < 4.78 is 20.6. The Morgan fingerprint density at radius 2 is 1.86 bits per heavy atom. The van der Waals surface area contributed by atoms with Crippen LogP contribution in [0.5, 0.6) is 5.75 Å². The maximum absolute atomic E-state index is 13.6. The topological polar surface area (TPSA) is 44.1 Å². The van der Waals surface area contributed by atoms with Crippen LogP contribution in [0.25, 0.3) is 11.1 Å². The van der Waals surface area contributed by atoms with Gasteiger partial charge in [-0.1, -0.05) is 30.3 Å². The molecule has 3 rings (SSSR count). The molecule has 0 atom stereocenters. The Morgan fingerprint density at radius 1 is 1.11 bits per heavy atom. The average Bonchev–Trinajstić information content (AvgIpc) is 2.68. The van der Waals surface area contributed by atoms with Gasteiger partial charge in [-0.25, -0.2) is 9.07 Å². The van der Waals surface area contributed by atoms with Gasteiger partial charge in [-0.05, 0) is 57.4 Å². The number of hydrogen-bond acceptors (Lipinski definition) is 3. The van der Waals surface area contributed by atoms with Crippen LogP contribution in [0.4, 0.5) is 4.39 Å². The first kappa shape index (κ1) is 19.8. The second kappa shape index (κ2) is 8.38. The first-order chi connectivity index (χ1) is 13.4. The Labute approximate surface area is 164 Å². The molecule has 4 nitrogen and oxygen atoms in total. The molecule has 3 aromatic rings. The molecule has 146 valence electrons. The summed E-state index contributed by atoms with van der Waals surface area (Å²) in [5.41, 5.74) is 3.84. The molecule has 1 aromatic heterocycles. The summed E-state index contributed by atoms with van der Waals surface area (Å²) in [4.78, 5) is 13.2. The summed E-state index contributed by atoms with van der Waals surface area (Å²) in [5.74, 6) is 0.425. The van der Waals surface area contributed by atoms with Crippen molar-refractivity contribution < 1.29 is 9.13 Å². The second-order valence-electron chi connectivity index (χ2n) is 7.11. The van der Waals surface area contributed by atoms with Gasteiger partial charge in [-0.15, -0.1) is 0 Å². The molecule has 0 spiro atoms. The predicted molar refractivity (Wildman–Crippen MR) is 109 cm³/mol. The summed E-state index contributed by atoms with van der Waals surface area (Å²) in [6.45, 7) is 5.78. The van der Waals surface area contributed by atoms with Crippen LogP contribution in [-0.4, -0.2) is 16.9 Å². The van der Waals surface area contributed by atoms with Crippen molar-refractivity contribution >= 4 is 0 Å². The van der Waals surface area contributed by atoms with Crippen LogP contribution in [0.2, 0.25) is 0 Å². The van der Waals surface area contributed by atoms with Crippen molar-refractivity contribution in [1.29, 1.82) is 0 Å². The van der Waals surface area contributed by atoms with Crippen molar-refractivity contribution in [2.45, 2.75) is 39.7 Å². The van der Waals surface area contributed by atoms with Crippen molar-refractivity contribution in [1.82, 2.24) is 9.78 Å². The largest absolute Gasteiger partial charge is 0.496 e. The fourth-order valence-electron chi connectivity index (χ4n) is 3.47. The van der Waals surface area contributed by atoms with E-state index in [9.17, 15) is 9.18 Å². The monoisotopic (exact) mass is 380 g/mol. The van der Waals surface area contributed by atoms with Crippen LogP contribution >= 0.6 is 0 Å². The molecule has 0 saturated carbocycles. The molecule has 28 heavy (non-hydrogen) atoms. The van der Waals surface area contributed by atoms with Gasteiger partial charge in [0.2, 0.25) is 0 Å². The number of methoxy groups -OCH3 is 1. The molecular formula is C23H25FN2O2. The number of nitrogens with zero attached hydrogens (tertiary/aromatic N) is 2. The zero-order chi connectivity index (χ0) is 20.3. The molecule has 0 N–H and O–H groups in total. The predicted octanol–water partition coefficient (Wildman–Crippen LogP) is 4.73. The van der Waals surface area contributed by atoms with E-state index in [1.807, 2.05) is 51.1 Å². The van der Waals surface area contributed by atoms with Gasteiger partial charge in [0.25, 0.3) is 5.56 Å². The van der Waals surface area contributed by atoms with Gasteiger partial charge >= 0.3 is 0 Å². The van der Waals surface area contributed by atoms with Crippen molar-refractivity contribution in [3.63, 3.8) is 0 Å². The average molecular weight is 380 g/mol. The van der Waals surface area contributed by atoms with Crippen molar-refractivity contribution in [3.8, 4) is 16.9 Å². The molecule has 0 aliphatic heterocycles. The molecule has 0 radical (unpaired) electrons. The highest BCUT2D eigenvalue weighted by Gasteiger charge is 2.20. The molecule has 0 bridgehead atoms. The molecule has 2 aromatic carbocycles. The zero-order valence-electron chi connectivity index (χ0n) is 16.7. The maximum Gasteiger partial charge on any atom is 0.270 e. The van der Waals surface area contributed by atoms with Crippen molar-refractivity contribution in [3.05, 3.63) is 81.5 Å². The van der Waals surface area contributed by atoms with Gasteiger partial charge in [0, 0.05) is 16.7 Å². The van der Waals surface area contributed by atoms with Gasteiger partial charge in [-0.2, -0.15) is 5.10 Å². The first-order valence-corrected chi connectivity index (χ1v) is 9.42. The van der Waals surface area contributed by atoms with Crippen LogP contribution in [-0.2, 0) is 12.8 Å². The van der Waals surface area contributed by atoms with Crippen molar-refractivity contribution in [2.24, 2.45) is 0 Å². The molecule has 0 unspecified atom stereocenters. The van der Waals surface area contributed by atoms with Crippen LogP contribution < -0.4 is 10.3 Å². The SMILES string of the molecule is COc1ccccc1-c1c(C)nn(C(C)C)c(=O)c1CCc1cccc(F)c1. The van der Waals surface area contributed by atoms with Crippen LogP contribution in [0.3, 0.4) is 0 Å². The Morgan fingerprint density at radius 3 is 2.54 bits per heavy atom. The van der Waals surface area contributed by atoms with Gasteiger partial charge in [0.1, 0.15) is 11.6 Å². The summed E-state index contributed by atoms with van der Waals surface area (Å²) >= 11 is 0. The number of ether oxygens (including phenoxy) is 1. The van der Waals surface area contributed by atoms with Crippen LogP contribution in [0.1, 0.15) is 36.7 Å². The maximum atomic E-state index is 13.6. The van der Waals surface area contributed by atoms with E-state index < -0.39 is 0 Å². The Hall–Kier alpha value is -2.95. The number of aromatic nitrogens is 2. The molecule has 0 amide bonds. The van der Waals surface area contributed by atoms with Crippen molar-refractivity contribution in [2.75, 3.05) is 7.11 Å². The highest BCUT2D eigenvalue weighted by Crippen LogP contribution is 2.33. The summed E-state index contributed by atoms with van der Waals surface area (Å²) in [7, 11) is 1.61. The molecule has 0 saturated heterocycles. The third kappa shape index (κ3) is 3.98. The molecular weight excluding hydrogens is 355 g/mol. The third-order valence-corrected chi connectivity index (χ3v) is 4.81. The van der Waals surface area contributed by atoms with E-state index in [0.717, 1.165) is 22.4 Å². The highest BCUT2D eigenvalue weighted by atomic mass is 19.1. The minimum atomic E-state index is -0.270. The van der Waals surface area contributed by atoms with E-state index in [-0.39, 0.29) is 17.4 Å². The lowest BCUT2D eigenvalue weighted by molar-refractivity contribution is 0.416. The van der Waals surface area contributed by atoms with Gasteiger partial charge in [0.15, 0.2) is 0 Å². The lowest BCUT2D eigenvalue weighted by Crippen LogP contribution is -2.30. The standard InChI is InChI=1S/C23H25FN2O2/c1-15(2)26-23(27)20(13-12-17-8-7-9-18(24)14-17)22(16(3)25-26)19-10-5-6-11-21(19)28-4/h5-11,14-15H,12-13H2,1-4H3. The number of aryl methyl sites for hydroxylation is 2. The van der Waals surface area contributed by atoms with E-state index in [2.05, 4.69) is 5.10 Å². The lowest BCUT2D eigenvalue weighted by atomic mass is 9.94. The van der Waals surface area contributed by atoms with E-state index >= 15 is 0 Å². The number of para-hydroxylation sites is 1. The van der Waals surface area contributed by atoms with Gasteiger partial charge in [-0.3, -0.25) is 4.79 Å². The third-order valence-electron chi connectivity index (χ3n) is 4.81. The van der Waals surface area contributed by atoms with E-state index in [1.165, 1.54) is 16.8 Å². The minimum absolute atomic E-state index is 0.0501. The fraction of sp³-hybridized carbons (Fsp3) is 0.304. The highest BCUT2D eigenvalue weighted by molar-refractivity contribution is 5.74. The summed E-state index contributed by atoms with van der Waals surface area (Å²) in [6.07, 6.45) is 1.06. The normalized spacial score (nSPS) is 11.1. The number of rotatable bonds is 6. The molecule has 0 fully saturated rings.